The van der Waals surface area contributed by atoms with Gasteiger partial charge in [0.1, 0.15) is 5.75 Å². The number of benzene rings is 2. The fourth-order valence-corrected chi connectivity index (χ4v) is 4.12. The summed E-state index contributed by atoms with van der Waals surface area (Å²) in [4.78, 5) is 25.4. The van der Waals surface area contributed by atoms with Gasteiger partial charge >= 0.3 is 12.3 Å². The van der Waals surface area contributed by atoms with Gasteiger partial charge in [0.25, 0.3) is 5.91 Å². The molecule has 1 aromatic heterocycles. The molecule has 188 valence electrons. The summed E-state index contributed by atoms with van der Waals surface area (Å²) in [6.07, 6.45) is -2.84. The van der Waals surface area contributed by atoms with Gasteiger partial charge in [0.2, 0.25) is 0 Å². The summed E-state index contributed by atoms with van der Waals surface area (Å²) in [6, 6.07) is 4.60. The van der Waals surface area contributed by atoms with Crippen molar-refractivity contribution in [1.82, 2.24) is 4.57 Å². The van der Waals surface area contributed by atoms with E-state index in [-0.39, 0.29) is 28.8 Å². The van der Waals surface area contributed by atoms with Crippen molar-refractivity contribution in [3.05, 3.63) is 58.8 Å². The Morgan fingerprint density at radius 3 is 2.29 bits per heavy atom. The van der Waals surface area contributed by atoms with Crippen LogP contribution in [0.25, 0.3) is 10.9 Å². The molecule has 0 spiro atoms. The van der Waals surface area contributed by atoms with Crippen molar-refractivity contribution >= 4 is 22.8 Å². The second-order valence-electron chi connectivity index (χ2n) is 8.01. The van der Waals surface area contributed by atoms with Crippen LogP contribution >= 0.6 is 0 Å². The molecule has 0 saturated carbocycles. The fourth-order valence-electron chi connectivity index (χ4n) is 4.12. The van der Waals surface area contributed by atoms with Gasteiger partial charge < -0.3 is 14.9 Å². The lowest BCUT2D eigenvalue weighted by atomic mass is 9.90. The molecule has 11 heteroatoms. The van der Waals surface area contributed by atoms with Crippen molar-refractivity contribution in [2.75, 3.05) is 0 Å². The first kappa shape index (κ1) is 26.0. The molecule has 2 N–H and O–H groups in total. The number of unbranched alkanes of at least 4 members (excludes halogenated alkanes) is 2. The Hall–Kier alpha value is -3.63. The SMILES string of the molecule is CCCCC[C@H](C(=O)O)c1c(C)n(C(=O)c2ccc(OC(F)(F)F)cc2)c2cc(F)c(O)c(F)c12. The van der Waals surface area contributed by atoms with Crippen LogP contribution in [0.4, 0.5) is 22.0 Å². The fraction of sp³-hybridized carbons (Fsp3) is 0.333. The van der Waals surface area contributed by atoms with Crippen molar-refractivity contribution in [2.45, 2.75) is 51.8 Å². The number of aliphatic carboxylic acids is 1. The van der Waals surface area contributed by atoms with E-state index in [4.69, 9.17) is 0 Å². The molecule has 0 amide bonds. The maximum absolute atomic E-state index is 15.1. The highest BCUT2D eigenvalue weighted by molar-refractivity contribution is 6.05. The lowest BCUT2D eigenvalue weighted by Crippen LogP contribution is -2.18. The van der Waals surface area contributed by atoms with Crippen LogP contribution in [0.1, 0.15) is 60.1 Å². The predicted molar refractivity (Wildman–Crippen MR) is 116 cm³/mol. The molecule has 0 bridgehead atoms. The van der Waals surface area contributed by atoms with Gasteiger partial charge in [0.05, 0.1) is 11.4 Å². The summed E-state index contributed by atoms with van der Waals surface area (Å²) in [5, 5.41) is 19.3. The highest BCUT2D eigenvalue weighted by Crippen LogP contribution is 2.40. The lowest BCUT2D eigenvalue weighted by molar-refractivity contribution is -0.274. The molecule has 0 aliphatic heterocycles. The molecular formula is C24H22F5NO5. The van der Waals surface area contributed by atoms with Gasteiger partial charge in [-0.3, -0.25) is 14.2 Å². The van der Waals surface area contributed by atoms with E-state index in [2.05, 4.69) is 4.74 Å². The average molecular weight is 499 g/mol. The van der Waals surface area contributed by atoms with Gasteiger partial charge in [-0.25, -0.2) is 8.78 Å². The number of aromatic nitrogens is 1. The van der Waals surface area contributed by atoms with Crippen molar-refractivity contribution in [2.24, 2.45) is 0 Å². The van der Waals surface area contributed by atoms with Crippen molar-refractivity contribution < 1.29 is 46.5 Å². The minimum atomic E-state index is -4.94. The third-order valence-electron chi connectivity index (χ3n) is 5.69. The zero-order chi connectivity index (χ0) is 26.1. The van der Waals surface area contributed by atoms with Gasteiger partial charge in [-0.05, 0) is 43.2 Å². The Balaban J connectivity index is 2.20. The maximum Gasteiger partial charge on any atom is 0.573 e. The summed E-state index contributed by atoms with van der Waals surface area (Å²) < 4.78 is 71.3. The Morgan fingerprint density at radius 2 is 1.74 bits per heavy atom. The molecule has 3 rings (SSSR count). The van der Waals surface area contributed by atoms with E-state index in [9.17, 15) is 37.4 Å². The topological polar surface area (TPSA) is 88.8 Å². The number of hydrogen-bond donors (Lipinski definition) is 2. The molecule has 1 atom stereocenters. The van der Waals surface area contributed by atoms with Gasteiger partial charge in [-0.1, -0.05) is 26.2 Å². The number of hydrogen-bond acceptors (Lipinski definition) is 4. The number of carbonyl (C=O) groups excluding carboxylic acids is 1. The number of carbonyl (C=O) groups is 2. The normalized spacial score (nSPS) is 12.7. The van der Waals surface area contributed by atoms with Crippen LogP contribution in [-0.2, 0) is 4.79 Å². The number of rotatable bonds is 8. The molecular weight excluding hydrogens is 477 g/mol. The monoisotopic (exact) mass is 499 g/mol. The molecule has 0 unspecified atom stereocenters. The van der Waals surface area contributed by atoms with Crippen LogP contribution in [0, 0.1) is 18.6 Å². The third kappa shape index (κ3) is 5.23. The average Bonchev–Trinajstić information content (AvgIpc) is 3.05. The molecule has 0 saturated heterocycles. The largest absolute Gasteiger partial charge is 0.573 e. The van der Waals surface area contributed by atoms with Gasteiger partial charge in [-0.15, -0.1) is 13.2 Å². The smallest absolute Gasteiger partial charge is 0.503 e. The van der Waals surface area contributed by atoms with E-state index >= 15 is 4.39 Å². The number of phenolic OH excluding ortho intramolecular Hbond substituents is 1. The number of alkyl halides is 3. The number of ether oxygens (including phenoxy) is 1. The van der Waals surface area contributed by atoms with E-state index in [1.165, 1.54) is 6.92 Å². The quantitative estimate of drug-likeness (QED) is 0.282. The lowest BCUT2D eigenvalue weighted by Gasteiger charge is -2.14. The van der Waals surface area contributed by atoms with Crippen LogP contribution < -0.4 is 4.74 Å². The van der Waals surface area contributed by atoms with Gasteiger partial charge in [-0.2, -0.15) is 0 Å². The molecule has 0 radical (unpaired) electrons. The summed E-state index contributed by atoms with van der Waals surface area (Å²) in [6.45, 7) is 3.27. The first-order valence-electron chi connectivity index (χ1n) is 10.7. The minimum Gasteiger partial charge on any atom is -0.503 e. The van der Waals surface area contributed by atoms with E-state index in [1.807, 2.05) is 6.92 Å². The summed E-state index contributed by atoms with van der Waals surface area (Å²) in [5.41, 5.74) is -0.527. The number of aromatic hydroxyl groups is 1. The van der Waals surface area contributed by atoms with Crippen LogP contribution in [0.3, 0.4) is 0 Å². The predicted octanol–water partition coefficient (Wildman–Crippen LogP) is 6.27. The second-order valence-corrected chi connectivity index (χ2v) is 8.01. The summed E-state index contributed by atoms with van der Waals surface area (Å²) in [7, 11) is 0. The van der Waals surface area contributed by atoms with Gasteiger partial charge in [0.15, 0.2) is 17.4 Å². The third-order valence-corrected chi connectivity index (χ3v) is 5.69. The van der Waals surface area contributed by atoms with Gasteiger partial charge in [0, 0.05) is 22.7 Å². The number of carboxylic acid groups (broad SMARTS) is 1. The molecule has 1 heterocycles. The Morgan fingerprint density at radius 1 is 1.11 bits per heavy atom. The maximum atomic E-state index is 15.1. The number of carboxylic acids is 1. The van der Waals surface area contributed by atoms with Crippen molar-refractivity contribution in [3.8, 4) is 11.5 Å². The van der Waals surface area contributed by atoms with E-state index < -0.39 is 52.7 Å². The number of phenols is 1. The van der Waals surface area contributed by atoms with Crippen LogP contribution in [-0.4, -0.2) is 33.0 Å². The first-order valence-corrected chi connectivity index (χ1v) is 10.7. The molecule has 0 aliphatic rings. The molecule has 2 aromatic carbocycles. The Kier molecular flexibility index (Phi) is 7.37. The summed E-state index contributed by atoms with van der Waals surface area (Å²) >= 11 is 0. The molecule has 3 aromatic rings. The molecule has 0 aliphatic carbocycles. The Labute approximate surface area is 196 Å². The van der Waals surface area contributed by atoms with Crippen molar-refractivity contribution in [1.29, 1.82) is 0 Å². The minimum absolute atomic E-state index is 0.00779. The highest BCUT2D eigenvalue weighted by Gasteiger charge is 2.33. The standard InChI is InChI=1S/C24H22F5NO5/c1-3-4-5-6-15(23(33)34)18-12(2)30(17-11-16(25)21(31)20(26)19(17)18)22(32)13-7-9-14(10-8-13)35-24(27,28)29/h7-11,15,31H,3-6H2,1-2H3,(H,33,34)/t15-/m0/s1. The van der Waals surface area contributed by atoms with E-state index in [0.29, 0.717) is 18.9 Å². The van der Waals surface area contributed by atoms with E-state index in [1.54, 1.807) is 0 Å². The van der Waals surface area contributed by atoms with Crippen LogP contribution in [0.15, 0.2) is 30.3 Å². The molecule has 35 heavy (non-hydrogen) atoms. The first-order chi connectivity index (χ1) is 16.4. The molecule has 0 fully saturated rings. The van der Waals surface area contributed by atoms with E-state index in [0.717, 1.165) is 35.3 Å². The summed E-state index contributed by atoms with van der Waals surface area (Å²) in [5.74, 6) is -8.05. The highest BCUT2D eigenvalue weighted by atomic mass is 19.4. The zero-order valence-electron chi connectivity index (χ0n) is 18.7. The van der Waals surface area contributed by atoms with Crippen LogP contribution in [0.5, 0.6) is 11.5 Å². The number of fused-ring (bicyclic) bond motifs is 1. The Bertz CT molecular complexity index is 1260. The molecule has 6 nitrogen and oxygen atoms in total. The number of halogens is 5. The number of nitrogens with zero attached hydrogens (tertiary/aromatic N) is 1. The second kappa shape index (κ2) is 9.93. The zero-order valence-corrected chi connectivity index (χ0v) is 18.7. The van der Waals surface area contributed by atoms with Crippen LogP contribution in [0.2, 0.25) is 0 Å². The van der Waals surface area contributed by atoms with Crippen molar-refractivity contribution in [3.63, 3.8) is 0 Å².